The maximum atomic E-state index is 12.4. The van der Waals surface area contributed by atoms with Gasteiger partial charge in [-0.25, -0.2) is 4.79 Å². The first-order chi connectivity index (χ1) is 10.7. The van der Waals surface area contributed by atoms with E-state index in [-0.39, 0.29) is 11.7 Å². The fourth-order valence-corrected chi connectivity index (χ4v) is 4.23. The second kappa shape index (κ2) is 4.23. The lowest BCUT2D eigenvalue weighted by molar-refractivity contribution is -0.0881. The summed E-state index contributed by atoms with van der Waals surface area (Å²) in [5, 5.41) is 4.72. The number of ether oxygens (including phenoxy) is 1. The summed E-state index contributed by atoms with van der Waals surface area (Å²) in [5.74, 6) is 0.487. The number of nitrogens with zero attached hydrogens (tertiary/aromatic N) is 3. The number of carbonyl (C=O) groups is 1. The Morgan fingerprint density at radius 3 is 2.86 bits per heavy atom. The zero-order chi connectivity index (χ0) is 14.7. The Morgan fingerprint density at radius 1 is 1.23 bits per heavy atom. The molecule has 0 saturated carbocycles. The van der Waals surface area contributed by atoms with E-state index in [4.69, 9.17) is 9.26 Å². The Morgan fingerprint density at radius 2 is 2.09 bits per heavy atom. The second-order valence-corrected chi connectivity index (χ2v) is 6.62. The van der Waals surface area contributed by atoms with Gasteiger partial charge in [-0.3, -0.25) is 9.80 Å². The van der Waals surface area contributed by atoms with Gasteiger partial charge in [0.25, 0.3) is 0 Å². The van der Waals surface area contributed by atoms with Gasteiger partial charge in [-0.15, -0.1) is 0 Å². The van der Waals surface area contributed by atoms with E-state index in [1.54, 1.807) is 11.1 Å². The average molecular weight is 299 g/mol. The van der Waals surface area contributed by atoms with E-state index < -0.39 is 0 Å². The lowest BCUT2D eigenvalue weighted by atomic mass is 9.75. The van der Waals surface area contributed by atoms with Crippen molar-refractivity contribution in [3.8, 4) is 0 Å². The summed E-state index contributed by atoms with van der Waals surface area (Å²) in [6, 6.07) is 5.72. The minimum atomic E-state index is -0.329. The molecule has 4 aliphatic heterocycles. The van der Waals surface area contributed by atoms with Gasteiger partial charge in [0.2, 0.25) is 0 Å². The highest BCUT2D eigenvalue weighted by Gasteiger charge is 2.55. The number of hydrogen-bond acceptors (Lipinski definition) is 5. The Balaban J connectivity index is 1.49. The highest BCUT2D eigenvalue weighted by Crippen LogP contribution is 2.43. The van der Waals surface area contributed by atoms with Crippen LogP contribution < -0.4 is 4.90 Å². The molecule has 0 unspecified atom stereocenters. The van der Waals surface area contributed by atoms with Gasteiger partial charge in [0.1, 0.15) is 5.60 Å². The molecule has 1 aromatic carbocycles. The van der Waals surface area contributed by atoms with E-state index in [1.165, 1.54) is 0 Å². The van der Waals surface area contributed by atoms with Crippen LogP contribution in [0, 0.1) is 5.92 Å². The first-order valence-electron chi connectivity index (χ1n) is 7.81. The minimum Gasteiger partial charge on any atom is -0.439 e. The molecule has 0 N–H and O–H groups in total. The van der Waals surface area contributed by atoms with Gasteiger partial charge in [-0.2, -0.15) is 0 Å². The molecule has 6 rings (SSSR count). The van der Waals surface area contributed by atoms with Crippen LogP contribution in [0.5, 0.6) is 0 Å². The molecular formula is C16H17N3O3. The summed E-state index contributed by atoms with van der Waals surface area (Å²) in [6.45, 7) is 3.76. The molecule has 6 heteroatoms. The van der Waals surface area contributed by atoms with Gasteiger partial charge in [0.15, 0.2) is 5.58 Å². The Bertz CT molecular complexity index is 750. The quantitative estimate of drug-likeness (QED) is 0.808. The van der Waals surface area contributed by atoms with E-state index in [0.717, 1.165) is 43.5 Å². The molecule has 2 bridgehead atoms. The topological polar surface area (TPSA) is 58.8 Å². The van der Waals surface area contributed by atoms with Crippen LogP contribution in [0.2, 0.25) is 0 Å². The van der Waals surface area contributed by atoms with Crippen LogP contribution in [-0.4, -0.2) is 47.9 Å². The highest BCUT2D eigenvalue weighted by molar-refractivity contribution is 5.93. The third-order valence-corrected chi connectivity index (χ3v) is 5.41. The number of hydrogen-bond donors (Lipinski definition) is 0. The van der Waals surface area contributed by atoms with Crippen molar-refractivity contribution >= 4 is 22.7 Å². The molecule has 0 aliphatic carbocycles. The number of carbonyl (C=O) groups excluding carboxylic acids is 1. The molecule has 4 aliphatic rings. The number of amides is 1. The van der Waals surface area contributed by atoms with Crippen LogP contribution in [0.4, 0.5) is 10.5 Å². The molecule has 4 fully saturated rings. The van der Waals surface area contributed by atoms with Crippen LogP contribution in [0.25, 0.3) is 11.0 Å². The molecule has 1 amide bonds. The molecule has 4 saturated heterocycles. The smallest absolute Gasteiger partial charge is 0.415 e. The van der Waals surface area contributed by atoms with Gasteiger partial charge in [-0.05, 0) is 38.1 Å². The predicted molar refractivity (Wildman–Crippen MR) is 79.7 cm³/mol. The molecule has 1 spiro atoms. The SMILES string of the molecule is O=C1O[C@]2(CN3CCC2CC3)CN1c1ccc2cnoc2c1. The minimum absolute atomic E-state index is 0.243. The number of rotatable bonds is 1. The molecule has 2 aromatic rings. The van der Waals surface area contributed by atoms with Crippen molar-refractivity contribution in [3.05, 3.63) is 24.4 Å². The second-order valence-electron chi connectivity index (χ2n) is 6.62. The number of piperidine rings is 3. The van der Waals surface area contributed by atoms with Crippen molar-refractivity contribution in [2.24, 2.45) is 5.92 Å². The highest BCUT2D eigenvalue weighted by atomic mass is 16.6. The molecule has 22 heavy (non-hydrogen) atoms. The van der Waals surface area contributed by atoms with Gasteiger partial charge in [0.05, 0.1) is 18.4 Å². The lowest BCUT2D eigenvalue weighted by Crippen LogP contribution is -2.61. The number of fused-ring (bicyclic) bond motifs is 3. The normalized spacial score (nSPS) is 33.8. The van der Waals surface area contributed by atoms with Crippen LogP contribution >= 0.6 is 0 Å². The third-order valence-electron chi connectivity index (χ3n) is 5.41. The zero-order valence-electron chi connectivity index (χ0n) is 12.2. The van der Waals surface area contributed by atoms with Gasteiger partial charge in [-0.1, -0.05) is 5.16 Å². The van der Waals surface area contributed by atoms with Crippen LogP contribution in [0.3, 0.4) is 0 Å². The maximum absolute atomic E-state index is 12.4. The average Bonchev–Trinajstić information content (AvgIpc) is 3.12. The summed E-state index contributed by atoms with van der Waals surface area (Å²) < 4.78 is 11.1. The monoisotopic (exact) mass is 299 g/mol. The summed E-state index contributed by atoms with van der Waals surface area (Å²) in [6.07, 6.45) is 3.69. The number of anilines is 1. The van der Waals surface area contributed by atoms with Crippen molar-refractivity contribution in [3.63, 3.8) is 0 Å². The van der Waals surface area contributed by atoms with Gasteiger partial charge >= 0.3 is 6.09 Å². The summed E-state index contributed by atoms with van der Waals surface area (Å²) in [5.41, 5.74) is 1.19. The molecular weight excluding hydrogens is 282 g/mol. The standard InChI is InChI=1S/C16H17N3O3/c20-15-19(13-2-1-11-8-17-22-14(11)7-13)10-16(21-15)9-18-5-3-12(16)4-6-18/h1-2,7-8,12H,3-6,9-10H2/t16-/m1/s1. The Hall–Kier alpha value is -2.08. The van der Waals surface area contributed by atoms with Crippen molar-refractivity contribution in [2.75, 3.05) is 31.1 Å². The summed E-state index contributed by atoms with van der Waals surface area (Å²) >= 11 is 0. The number of aromatic nitrogens is 1. The fourth-order valence-electron chi connectivity index (χ4n) is 4.23. The maximum Gasteiger partial charge on any atom is 0.415 e. The Kier molecular flexibility index (Phi) is 2.39. The van der Waals surface area contributed by atoms with Crippen molar-refractivity contribution in [2.45, 2.75) is 18.4 Å². The van der Waals surface area contributed by atoms with E-state index in [2.05, 4.69) is 10.1 Å². The predicted octanol–water partition coefficient (Wildman–Crippen LogP) is 2.25. The molecule has 0 radical (unpaired) electrons. The molecule has 1 aromatic heterocycles. The summed E-state index contributed by atoms with van der Waals surface area (Å²) in [4.78, 5) is 16.6. The van der Waals surface area contributed by atoms with Crippen molar-refractivity contribution in [1.29, 1.82) is 0 Å². The largest absolute Gasteiger partial charge is 0.439 e. The molecule has 5 heterocycles. The van der Waals surface area contributed by atoms with E-state index in [0.29, 0.717) is 18.0 Å². The van der Waals surface area contributed by atoms with E-state index in [9.17, 15) is 4.79 Å². The fraction of sp³-hybridized carbons (Fsp3) is 0.500. The van der Waals surface area contributed by atoms with E-state index in [1.807, 2.05) is 18.2 Å². The summed E-state index contributed by atoms with van der Waals surface area (Å²) in [7, 11) is 0. The lowest BCUT2D eigenvalue weighted by Gasteiger charge is -2.49. The number of benzene rings is 1. The molecule has 114 valence electrons. The van der Waals surface area contributed by atoms with Gasteiger partial charge in [0, 0.05) is 23.9 Å². The Labute approximate surface area is 127 Å². The van der Waals surface area contributed by atoms with E-state index >= 15 is 0 Å². The molecule has 6 nitrogen and oxygen atoms in total. The van der Waals surface area contributed by atoms with Crippen LogP contribution in [-0.2, 0) is 4.74 Å². The van der Waals surface area contributed by atoms with Crippen molar-refractivity contribution in [1.82, 2.24) is 10.1 Å². The van der Waals surface area contributed by atoms with Crippen LogP contribution in [0.1, 0.15) is 12.8 Å². The van der Waals surface area contributed by atoms with Crippen molar-refractivity contribution < 1.29 is 14.1 Å². The first-order valence-corrected chi connectivity index (χ1v) is 7.81. The van der Waals surface area contributed by atoms with Crippen LogP contribution in [0.15, 0.2) is 28.9 Å². The van der Waals surface area contributed by atoms with Gasteiger partial charge < -0.3 is 9.26 Å². The first kappa shape index (κ1) is 12.5. The zero-order valence-corrected chi connectivity index (χ0v) is 12.2. The molecule has 1 atom stereocenters. The third kappa shape index (κ3) is 1.64.